The molecule has 0 spiro atoms. The molecule has 0 saturated carbocycles. The molecule has 0 aliphatic heterocycles. The van der Waals surface area contributed by atoms with Gasteiger partial charge >= 0.3 is 5.97 Å². The molecule has 0 aliphatic rings. The van der Waals surface area contributed by atoms with Crippen LogP contribution in [0.3, 0.4) is 0 Å². The number of ether oxygens (including phenoxy) is 1. The van der Waals surface area contributed by atoms with Crippen LogP contribution in [0.5, 0.6) is 0 Å². The predicted molar refractivity (Wildman–Crippen MR) is 343 cm³/mol. The van der Waals surface area contributed by atoms with Crippen molar-refractivity contribution in [1.29, 1.82) is 0 Å². The molecule has 2 unspecified atom stereocenters. The number of rotatable bonds is 66. The number of hydrogen-bond donors (Lipinski definition) is 3. The van der Waals surface area contributed by atoms with Crippen molar-refractivity contribution in [1.82, 2.24) is 5.32 Å². The van der Waals surface area contributed by atoms with Crippen molar-refractivity contribution < 1.29 is 24.5 Å². The lowest BCUT2D eigenvalue weighted by atomic mass is 10.0. The van der Waals surface area contributed by atoms with Crippen LogP contribution in [-0.2, 0) is 14.3 Å². The van der Waals surface area contributed by atoms with Crippen LogP contribution < -0.4 is 5.32 Å². The quantitative estimate of drug-likeness (QED) is 0.0320. The molecule has 0 heterocycles. The summed E-state index contributed by atoms with van der Waals surface area (Å²) in [4.78, 5) is 24.6. The Balaban J connectivity index is 3.34. The van der Waals surface area contributed by atoms with Crippen molar-refractivity contribution in [2.24, 2.45) is 0 Å². The lowest BCUT2D eigenvalue weighted by Gasteiger charge is -2.20. The first-order valence-corrected chi connectivity index (χ1v) is 35.3. The van der Waals surface area contributed by atoms with Gasteiger partial charge in [-0.1, -0.05) is 346 Å². The van der Waals surface area contributed by atoms with Crippen LogP contribution in [0.25, 0.3) is 0 Å². The molecule has 6 heteroatoms. The second kappa shape index (κ2) is 67.6. The molecule has 0 bridgehead atoms. The van der Waals surface area contributed by atoms with E-state index in [9.17, 15) is 19.8 Å². The van der Waals surface area contributed by atoms with Crippen molar-refractivity contribution in [3.8, 4) is 0 Å². The molecule has 0 aromatic carbocycles. The largest absolute Gasteiger partial charge is 0.466 e. The summed E-state index contributed by atoms with van der Waals surface area (Å²) in [6.07, 6.45) is 86.6. The number of carbonyl (C=O) groups is 2. The second-order valence-corrected chi connectivity index (χ2v) is 24.2. The van der Waals surface area contributed by atoms with Gasteiger partial charge in [0.25, 0.3) is 0 Å². The normalized spacial score (nSPS) is 12.7. The zero-order valence-corrected chi connectivity index (χ0v) is 52.7. The zero-order chi connectivity index (χ0) is 56.4. The van der Waals surface area contributed by atoms with E-state index in [0.29, 0.717) is 19.4 Å². The van der Waals surface area contributed by atoms with Gasteiger partial charge in [0, 0.05) is 12.8 Å². The van der Waals surface area contributed by atoms with Gasteiger partial charge in [0.05, 0.1) is 25.4 Å². The number of aliphatic hydroxyl groups excluding tert-OH is 2. The topological polar surface area (TPSA) is 95.9 Å². The molecular weight excluding hydrogens is 959 g/mol. The van der Waals surface area contributed by atoms with E-state index in [1.807, 2.05) is 6.08 Å². The monoisotopic (exact) mass is 1100 g/mol. The molecule has 1 amide bonds. The lowest BCUT2D eigenvalue weighted by Crippen LogP contribution is -2.45. The zero-order valence-electron chi connectivity index (χ0n) is 52.7. The summed E-state index contributed by atoms with van der Waals surface area (Å²) in [5, 5.41) is 23.1. The van der Waals surface area contributed by atoms with Crippen LogP contribution in [0.15, 0.2) is 36.5 Å². The van der Waals surface area contributed by atoms with Crippen molar-refractivity contribution in [3.05, 3.63) is 36.5 Å². The van der Waals surface area contributed by atoms with E-state index in [4.69, 9.17) is 4.74 Å². The smallest absolute Gasteiger partial charge is 0.305 e. The maximum atomic E-state index is 12.5. The van der Waals surface area contributed by atoms with Crippen LogP contribution in [0.1, 0.15) is 386 Å². The van der Waals surface area contributed by atoms with Gasteiger partial charge < -0.3 is 20.3 Å². The number of nitrogens with one attached hydrogen (secondary N) is 1. The van der Waals surface area contributed by atoms with Gasteiger partial charge in [0.1, 0.15) is 0 Å². The highest BCUT2D eigenvalue weighted by Crippen LogP contribution is 2.19. The number of esters is 1. The molecule has 0 rings (SSSR count). The first-order valence-electron chi connectivity index (χ1n) is 35.3. The van der Waals surface area contributed by atoms with Crippen LogP contribution in [0.4, 0.5) is 0 Å². The van der Waals surface area contributed by atoms with Crippen molar-refractivity contribution in [3.63, 3.8) is 0 Å². The van der Waals surface area contributed by atoms with Gasteiger partial charge in [0.2, 0.25) is 5.91 Å². The third kappa shape index (κ3) is 63.3. The average molecular weight is 1100 g/mol. The Morgan fingerprint density at radius 3 is 0.987 bits per heavy atom. The van der Waals surface area contributed by atoms with Crippen LogP contribution in [0.2, 0.25) is 0 Å². The Morgan fingerprint density at radius 2 is 0.641 bits per heavy atom. The highest BCUT2D eigenvalue weighted by molar-refractivity contribution is 5.76. The summed E-state index contributed by atoms with van der Waals surface area (Å²) in [5.41, 5.74) is 0. The third-order valence-electron chi connectivity index (χ3n) is 16.4. The van der Waals surface area contributed by atoms with E-state index >= 15 is 0 Å². The van der Waals surface area contributed by atoms with E-state index in [1.54, 1.807) is 6.08 Å². The summed E-state index contributed by atoms with van der Waals surface area (Å²) < 4.78 is 5.49. The molecule has 0 radical (unpaired) electrons. The summed E-state index contributed by atoms with van der Waals surface area (Å²) in [6, 6.07) is -0.624. The van der Waals surface area contributed by atoms with Crippen LogP contribution in [-0.4, -0.2) is 47.4 Å². The fraction of sp³-hybridized carbons (Fsp3) is 0.889. The summed E-state index contributed by atoms with van der Waals surface area (Å²) in [5.74, 6) is -0.0549. The highest BCUT2D eigenvalue weighted by Gasteiger charge is 2.18. The van der Waals surface area contributed by atoms with Crippen molar-refractivity contribution >= 4 is 11.9 Å². The number of hydrogen-bond acceptors (Lipinski definition) is 5. The summed E-state index contributed by atoms with van der Waals surface area (Å²) >= 11 is 0. The fourth-order valence-corrected chi connectivity index (χ4v) is 11.0. The van der Waals surface area contributed by atoms with E-state index in [0.717, 1.165) is 51.4 Å². The number of unbranched alkanes of at least 4 members (excludes halogenated alkanes) is 51. The first-order chi connectivity index (χ1) is 38.5. The SMILES string of the molecule is CCCCCC/C=C\C/C=C\CCCCCCCC(=O)OCCCCCCCCCCCCCCCCCCCCCCCCCCCCCCCCCC(=O)NC(CO)C(O)/C=C/CCCCCCCCCCCCCC. The number of amides is 1. The van der Waals surface area contributed by atoms with Gasteiger partial charge in [-0.15, -0.1) is 0 Å². The molecular formula is C72H137NO5. The minimum absolute atomic E-state index is 0.00716. The fourth-order valence-electron chi connectivity index (χ4n) is 11.0. The molecule has 2 atom stereocenters. The third-order valence-corrected chi connectivity index (χ3v) is 16.4. The van der Waals surface area contributed by atoms with Gasteiger partial charge in [-0.25, -0.2) is 0 Å². The minimum atomic E-state index is -0.841. The van der Waals surface area contributed by atoms with E-state index < -0.39 is 12.1 Å². The molecule has 3 N–H and O–H groups in total. The van der Waals surface area contributed by atoms with Gasteiger partial charge in [-0.2, -0.15) is 0 Å². The van der Waals surface area contributed by atoms with Gasteiger partial charge in [0.15, 0.2) is 0 Å². The van der Waals surface area contributed by atoms with Crippen molar-refractivity contribution in [2.45, 2.75) is 398 Å². The van der Waals surface area contributed by atoms with E-state index in [2.05, 4.69) is 43.5 Å². The number of carbonyl (C=O) groups excluding carboxylic acids is 2. The standard InChI is InChI=1S/C72H137NO5/c1-3-5-7-9-11-13-15-17-19-38-42-46-50-54-58-62-66-72(77)78-67-63-59-55-51-47-43-39-36-34-32-30-28-26-24-22-20-21-23-25-27-29-31-33-35-37-41-45-49-53-57-61-65-71(76)73-69(68-74)70(75)64-60-56-52-48-44-40-18-16-14-12-10-8-6-4-2/h13,15,19,38,60,64,69-70,74-75H,3-12,14,16-18,20-37,39-59,61-63,65-68H2,1-2H3,(H,73,76)/b15-13-,38-19-,64-60+. The van der Waals surface area contributed by atoms with Crippen LogP contribution >= 0.6 is 0 Å². The molecule has 78 heavy (non-hydrogen) atoms. The highest BCUT2D eigenvalue weighted by atomic mass is 16.5. The Bertz CT molecular complexity index is 1260. The average Bonchev–Trinajstić information content (AvgIpc) is 3.44. The molecule has 6 nitrogen and oxygen atoms in total. The molecule has 460 valence electrons. The number of allylic oxidation sites excluding steroid dienone is 5. The lowest BCUT2D eigenvalue weighted by molar-refractivity contribution is -0.143. The predicted octanol–water partition coefficient (Wildman–Crippen LogP) is 22.7. The van der Waals surface area contributed by atoms with E-state index in [-0.39, 0.29) is 18.5 Å². The maximum absolute atomic E-state index is 12.5. The number of aliphatic hydroxyl groups is 2. The Kier molecular flexibility index (Phi) is 65.9. The molecule has 0 fully saturated rings. The molecule has 0 aromatic rings. The van der Waals surface area contributed by atoms with Crippen LogP contribution in [0, 0.1) is 0 Å². The Hall–Kier alpha value is -1.92. The molecule has 0 aromatic heterocycles. The first kappa shape index (κ1) is 76.1. The molecule has 0 aliphatic carbocycles. The minimum Gasteiger partial charge on any atom is -0.466 e. The van der Waals surface area contributed by atoms with Gasteiger partial charge in [-0.05, 0) is 64.2 Å². The Labute approximate surface area is 487 Å². The molecule has 0 saturated heterocycles. The summed E-state index contributed by atoms with van der Waals surface area (Å²) in [6.45, 7) is 4.91. The van der Waals surface area contributed by atoms with Gasteiger partial charge in [-0.3, -0.25) is 9.59 Å². The van der Waals surface area contributed by atoms with E-state index in [1.165, 1.54) is 308 Å². The Morgan fingerprint density at radius 1 is 0.359 bits per heavy atom. The summed E-state index contributed by atoms with van der Waals surface area (Å²) in [7, 11) is 0. The maximum Gasteiger partial charge on any atom is 0.305 e. The second-order valence-electron chi connectivity index (χ2n) is 24.2. The van der Waals surface area contributed by atoms with Crippen molar-refractivity contribution in [2.75, 3.05) is 13.2 Å².